The molecule has 0 heterocycles. The van der Waals surface area contributed by atoms with Gasteiger partial charge in [0.1, 0.15) is 0 Å². The van der Waals surface area contributed by atoms with Crippen molar-refractivity contribution in [2.75, 3.05) is 6.61 Å². The number of aliphatic carboxylic acids is 1. The minimum Gasteiger partial charge on any atom is -0.481 e. The molecule has 0 fully saturated rings. The monoisotopic (exact) mass is 579 g/mol. The minimum atomic E-state index is -0.873. The normalized spacial score (nSPS) is 12.2. The number of rotatable bonds is 33. The van der Waals surface area contributed by atoms with Crippen molar-refractivity contribution in [1.82, 2.24) is 0 Å². The molecule has 0 saturated heterocycles. The molecule has 242 valence electrons. The van der Waals surface area contributed by atoms with Crippen LogP contribution in [-0.4, -0.2) is 23.7 Å². The van der Waals surface area contributed by atoms with Gasteiger partial charge in [-0.25, -0.2) is 0 Å². The number of hydrogen-bond acceptors (Lipinski definition) is 3. The molecule has 0 aliphatic carbocycles. The van der Waals surface area contributed by atoms with Gasteiger partial charge in [-0.1, -0.05) is 173 Å². The number of carbonyl (C=O) groups is 2. The molecule has 1 N–H and O–H groups in total. The number of unbranched alkanes of at least 4 members (excludes halogenated alkanes) is 25. The average molecular weight is 579 g/mol. The first-order valence-electron chi connectivity index (χ1n) is 18.1. The minimum absolute atomic E-state index is 0.00770. The van der Waals surface area contributed by atoms with Crippen molar-refractivity contribution in [3.05, 3.63) is 12.2 Å². The molecular weight excluding hydrogens is 508 g/mol. The van der Waals surface area contributed by atoms with Gasteiger partial charge in [-0.2, -0.15) is 0 Å². The topological polar surface area (TPSA) is 63.6 Å². The summed E-state index contributed by atoms with van der Waals surface area (Å²) in [6.07, 6.45) is 41.1. The van der Waals surface area contributed by atoms with Gasteiger partial charge in [0.25, 0.3) is 0 Å². The lowest BCUT2D eigenvalue weighted by molar-refractivity contribution is -0.151. The van der Waals surface area contributed by atoms with E-state index >= 15 is 0 Å². The van der Waals surface area contributed by atoms with Crippen molar-refractivity contribution in [3.8, 4) is 0 Å². The standard InChI is InChI=1S/C37H70O4/c1-3-5-6-7-8-9-10-11-12-13-14-15-16-17-18-19-20-21-22-23-24-25-26-27-28-29-30-31-32-35(37(39)40)34-36(38)41-33-4-2/h3,5,35H,4,6-34H2,1-2H3,(H,39,40)/b5-3+. The Bertz CT molecular complexity index is 585. The molecule has 4 heteroatoms. The summed E-state index contributed by atoms with van der Waals surface area (Å²) in [6, 6.07) is 0. The lowest BCUT2D eigenvalue weighted by Crippen LogP contribution is -2.19. The molecule has 0 aromatic carbocycles. The number of carboxylic acids is 1. The molecule has 0 aromatic heterocycles. The summed E-state index contributed by atoms with van der Waals surface area (Å²) in [5, 5.41) is 9.34. The molecule has 4 nitrogen and oxygen atoms in total. The molecule has 0 aromatic rings. The van der Waals surface area contributed by atoms with Gasteiger partial charge in [0, 0.05) is 0 Å². The number of allylic oxidation sites excluding steroid dienone is 2. The molecular formula is C37H70O4. The Kier molecular flexibility index (Phi) is 32.1. The van der Waals surface area contributed by atoms with E-state index in [1.54, 1.807) is 0 Å². The summed E-state index contributed by atoms with van der Waals surface area (Å²) < 4.78 is 5.03. The van der Waals surface area contributed by atoms with Crippen LogP contribution >= 0.6 is 0 Å². The van der Waals surface area contributed by atoms with Crippen LogP contribution < -0.4 is 0 Å². The first-order chi connectivity index (χ1) is 20.1. The number of carbonyl (C=O) groups excluding carboxylic acids is 1. The van der Waals surface area contributed by atoms with E-state index in [2.05, 4.69) is 19.1 Å². The van der Waals surface area contributed by atoms with Crippen LogP contribution in [0.15, 0.2) is 12.2 Å². The summed E-state index contributed by atoms with van der Waals surface area (Å²) in [5.74, 6) is -1.84. The zero-order valence-corrected chi connectivity index (χ0v) is 27.6. The fourth-order valence-electron chi connectivity index (χ4n) is 5.67. The highest BCUT2D eigenvalue weighted by Crippen LogP contribution is 2.18. The smallest absolute Gasteiger partial charge is 0.307 e. The largest absolute Gasteiger partial charge is 0.481 e. The summed E-state index contributed by atoms with van der Waals surface area (Å²) in [4.78, 5) is 23.1. The third kappa shape index (κ3) is 31.4. The fourth-order valence-corrected chi connectivity index (χ4v) is 5.67. The molecule has 0 aliphatic rings. The molecule has 1 unspecified atom stereocenters. The van der Waals surface area contributed by atoms with Gasteiger partial charge in [0.15, 0.2) is 0 Å². The van der Waals surface area contributed by atoms with Crippen molar-refractivity contribution >= 4 is 11.9 Å². The van der Waals surface area contributed by atoms with Crippen LogP contribution in [0.3, 0.4) is 0 Å². The Labute approximate surface area is 255 Å². The van der Waals surface area contributed by atoms with Crippen LogP contribution in [0.5, 0.6) is 0 Å². The van der Waals surface area contributed by atoms with E-state index in [4.69, 9.17) is 4.74 Å². The van der Waals surface area contributed by atoms with Gasteiger partial charge in [0.2, 0.25) is 0 Å². The maximum atomic E-state index is 11.7. The van der Waals surface area contributed by atoms with Gasteiger partial charge in [-0.05, 0) is 32.6 Å². The van der Waals surface area contributed by atoms with Crippen molar-refractivity contribution in [2.45, 2.75) is 200 Å². The zero-order valence-electron chi connectivity index (χ0n) is 27.6. The van der Waals surface area contributed by atoms with Crippen molar-refractivity contribution in [3.63, 3.8) is 0 Å². The Hall–Kier alpha value is -1.32. The third-order valence-corrected chi connectivity index (χ3v) is 8.39. The molecule has 41 heavy (non-hydrogen) atoms. The highest BCUT2D eigenvalue weighted by atomic mass is 16.5. The number of esters is 1. The highest BCUT2D eigenvalue weighted by Gasteiger charge is 2.21. The molecule has 0 rings (SSSR count). The van der Waals surface area contributed by atoms with Crippen LogP contribution in [0.2, 0.25) is 0 Å². The van der Waals surface area contributed by atoms with E-state index in [1.807, 2.05) is 6.92 Å². The lowest BCUT2D eigenvalue weighted by Gasteiger charge is -2.11. The zero-order chi connectivity index (χ0) is 30.1. The lowest BCUT2D eigenvalue weighted by atomic mass is 9.97. The Morgan fingerprint density at radius 3 is 1.24 bits per heavy atom. The molecule has 0 bridgehead atoms. The summed E-state index contributed by atoms with van der Waals surface area (Å²) >= 11 is 0. The predicted octanol–water partition coefficient (Wildman–Crippen LogP) is 12.1. The van der Waals surface area contributed by atoms with Crippen LogP contribution in [0.4, 0.5) is 0 Å². The molecule has 0 saturated carbocycles. The van der Waals surface area contributed by atoms with Crippen LogP contribution in [0, 0.1) is 5.92 Å². The molecule has 0 amide bonds. The van der Waals surface area contributed by atoms with E-state index in [-0.39, 0.29) is 12.4 Å². The quantitative estimate of drug-likeness (QED) is 0.0478. The summed E-state index contributed by atoms with van der Waals surface area (Å²) in [6.45, 7) is 4.43. The van der Waals surface area contributed by atoms with Gasteiger partial charge < -0.3 is 9.84 Å². The van der Waals surface area contributed by atoms with Crippen LogP contribution in [0.25, 0.3) is 0 Å². The maximum Gasteiger partial charge on any atom is 0.307 e. The SMILES string of the molecule is C/C=C/CCCCCCCCCCCCCCCCCCCCCCCCCCCC(CC(=O)OCCC)C(=O)O. The van der Waals surface area contributed by atoms with E-state index in [1.165, 1.54) is 154 Å². The third-order valence-electron chi connectivity index (χ3n) is 8.39. The first-order valence-corrected chi connectivity index (χ1v) is 18.1. The molecule has 0 aliphatic heterocycles. The van der Waals surface area contributed by atoms with E-state index in [0.717, 1.165) is 19.3 Å². The Morgan fingerprint density at radius 2 is 0.927 bits per heavy atom. The number of carboxylic acid groups (broad SMARTS) is 1. The van der Waals surface area contributed by atoms with Crippen molar-refractivity contribution in [2.24, 2.45) is 5.92 Å². The van der Waals surface area contributed by atoms with E-state index < -0.39 is 11.9 Å². The molecule has 1 atom stereocenters. The summed E-state index contributed by atoms with van der Waals surface area (Å²) in [5.41, 5.74) is 0. The van der Waals surface area contributed by atoms with Crippen LogP contribution in [0.1, 0.15) is 200 Å². The average Bonchev–Trinajstić information content (AvgIpc) is 2.96. The van der Waals surface area contributed by atoms with Crippen molar-refractivity contribution < 1.29 is 19.4 Å². The molecule has 0 spiro atoms. The fraction of sp³-hybridized carbons (Fsp3) is 0.892. The van der Waals surface area contributed by atoms with E-state index in [0.29, 0.717) is 13.0 Å². The van der Waals surface area contributed by atoms with Gasteiger partial charge in [-0.3, -0.25) is 9.59 Å². The predicted molar refractivity (Wildman–Crippen MR) is 176 cm³/mol. The second-order valence-corrected chi connectivity index (χ2v) is 12.4. The van der Waals surface area contributed by atoms with E-state index in [9.17, 15) is 14.7 Å². The molecule has 0 radical (unpaired) electrons. The number of hydrogen-bond donors (Lipinski definition) is 1. The van der Waals surface area contributed by atoms with Gasteiger partial charge in [-0.15, -0.1) is 0 Å². The Balaban J connectivity index is 3.26. The second-order valence-electron chi connectivity index (χ2n) is 12.4. The highest BCUT2D eigenvalue weighted by molar-refractivity contribution is 5.78. The van der Waals surface area contributed by atoms with Gasteiger partial charge >= 0.3 is 11.9 Å². The summed E-state index contributed by atoms with van der Waals surface area (Å²) in [7, 11) is 0. The van der Waals surface area contributed by atoms with Crippen molar-refractivity contribution in [1.29, 1.82) is 0 Å². The van der Waals surface area contributed by atoms with Gasteiger partial charge in [0.05, 0.1) is 18.9 Å². The van der Waals surface area contributed by atoms with Crippen LogP contribution in [-0.2, 0) is 14.3 Å². The maximum absolute atomic E-state index is 11.7. The number of ether oxygens (including phenoxy) is 1. The second kappa shape index (κ2) is 33.2. The first kappa shape index (κ1) is 39.7. The Morgan fingerprint density at radius 1 is 0.585 bits per heavy atom.